The number of carbonyl (C=O) groups excluding carboxylic acids is 3. The number of nitrogens with zero attached hydrogens (tertiary/aromatic N) is 2. The number of carbonyl (C=O) groups is 3. The van der Waals surface area contributed by atoms with Gasteiger partial charge in [0.15, 0.2) is 0 Å². The first-order valence-electron chi connectivity index (χ1n) is 13.6. The highest BCUT2D eigenvalue weighted by Crippen LogP contribution is 2.55. The van der Waals surface area contributed by atoms with Gasteiger partial charge in [-0.25, -0.2) is 0 Å². The summed E-state index contributed by atoms with van der Waals surface area (Å²) >= 11 is 3.45. The van der Waals surface area contributed by atoms with Crippen LogP contribution in [0.5, 0.6) is 0 Å². The normalized spacial score (nSPS) is 25.7. The van der Waals surface area contributed by atoms with Crippen molar-refractivity contribution in [1.82, 2.24) is 10.2 Å². The number of hydrogen-bond acceptors (Lipinski definition) is 4. The average molecular weight is 613 g/mol. The van der Waals surface area contributed by atoms with Gasteiger partial charge < -0.3 is 19.9 Å². The van der Waals surface area contributed by atoms with Crippen molar-refractivity contribution in [1.29, 1.82) is 0 Å². The lowest BCUT2D eigenvalue weighted by Gasteiger charge is -2.32. The molecule has 3 amide bonds. The number of benzene rings is 3. The molecule has 3 heterocycles. The van der Waals surface area contributed by atoms with Crippen LogP contribution in [-0.2, 0) is 32.2 Å². The molecule has 0 saturated carbocycles. The van der Waals surface area contributed by atoms with Crippen molar-refractivity contribution in [3.05, 3.63) is 125 Å². The summed E-state index contributed by atoms with van der Waals surface area (Å²) in [6, 6.07) is 25.7. The molecule has 208 valence electrons. The number of likely N-dealkylation sites (tertiary alicyclic amines) is 1. The Kier molecular flexibility index (Phi) is 7.36. The van der Waals surface area contributed by atoms with E-state index < -0.39 is 29.6 Å². The number of hydrogen-bond donors (Lipinski definition) is 1. The largest absolute Gasteiger partial charge is 0.359 e. The lowest BCUT2D eigenvalue weighted by atomic mass is 9.74. The van der Waals surface area contributed by atoms with Gasteiger partial charge in [-0.15, -0.1) is 6.58 Å². The molecule has 2 saturated heterocycles. The summed E-state index contributed by atoms with van der Waals surface area (Å²) in [5.74, 6) is -2.40. The van der Waals surface area contributed by atoms with E-state index in [1.807, 2.05) is 97.1 Å². The number of rotatable bonds is 9. The number of fused-ring (bicyclic) bond motifs is 1. The first-order chi connectivity index (χ1) is 19.9. The van der Waals surface area contributed by atoms with Crippen molar-refractivity contribution >= 4 is 39.3 Å². The number of anilines is 1. The van der Waals surface area contributed by atoms with Crippen molar-refractivity contribution in [3.63, 3.8) is 0 Å². The molecular weight excluding hydrogens is 582 g/mol. The van der Waals surface area contributed by atoms with E-state index in [0.29, 0.717) is 12.2 Å². The summed E-state index contributed by atoms with van der Waals surface area (Å²) < 4.78 is 7.40. The Bertz CT molecular complexity index is 1490. The van der Waals surface area contributed by atoms with Gasteiger partial charge >= 0.3 is 0 Å². The van der Waals surface area contributed by atoms with Crippen LogP contribution in [0, 0.1) is 11.8 Å². The quantitative estimate of drug-likeness (QED) is 0.358. The molecule has 0 aliphatic carbocycles. The van der Waals surface area contributed by atoms with Crippen LogP contribution in [0.15, 0.2) is 114 Å². The van der Waals surface area contributed by atoms with Gasteiger partial charge in [0, 0.05) is 29.8 Å². The van der Waals surface area contributed by atoms with Crippen molar-refractivity contribution < 1.29 is 19.1 Å². The zero-order valence-electron chi connectivity index (χ0n) is 22.4. The van der Waals surface area contributed by atoms with Gasteiger partial charge in [0.05, 0.1) is 17.9 Å². The van der Waals surface area contributed by atoms with Gasteiger partial charge in [0.2, 0.25) is 17.7 Å². The Morgan fingerprint density at radius 1 is 1.00 bits per heavy atom. The van der Waals surface area contributed by atoms with E-state index in [4.69, 9.17) is 4.74 Å². The second kappa shape index (κ2) is 11.1. The molecule has 8 heteroatoms. The van der Waals surface area contributed by atoms with Crippen LogP contribution in [-0.4, -0.2) is 46.9 Å². The molecule has 41 heavy (non-hydrogen) atoms. The maximum atomic E-state index is 14.3. The summed E-state index contributed by atoms with van der Waals surface area (Å²) in [5, 5.41) is 3.03. The minimum atomic E-state index is -1.24. The van der Waals surface area contributed by atoms with E-state index in [-0.39, 0.29) is 30.8 Å². The lowest BCUT2D eigenvalue weighted by molar-refractivity contribution is -0.142. The van der Waals surface area contributed by atoms with Crippen LogP contribution in [0.4, 0.5) is 5.69 Å². The molecule has 3 aromatic rings. The highest BCUT2D eigenvalue weighted by Gasteiger charge is 2.73. The number of halogens is 1. The summed E-state index contributed by atoms with van der Waals surface area (Å²) in [7, 11) is 0. The van der Waals surface area contributed by atoms with Crippen LogP contribution < -0.4 is 10.2 Å². The molecule has 7 nitrogen and oxygen atoms in total. The molecule has 1 N–H and O–H groups in total. The number of ether oxygens (including phenoxy) is 1. The van der Waals surface area contributed by atoms with Gasteiger partial charge in [-0.1, -0.05) is 94.8 Å². The summed E-state index contributed by atoms with van der Waals surface area (Å²) in [4.78, 5) is 45.6. The maximum Gasteiger partial charge on any atom is 0.246 e. The third-order valence-electron chi connectivity index (χ3n) is 8.13. The summed E-state index contributed by atoms with van der Waals surface area (Å²) in [6.45, 7) is 4.66. The molecule has 2 fully saturated rings. The fourth-order valence-electron chi connectivity index (χ4n) is 6.33. The van der Waals surface area contributed by atoms with E-state index in [0.717, 1.165) is 15.6 Å². The lowest BCUT2D eigenvalue weighted by Crippen LogP contribution is -2.54. The molecule has 6 rings (SSSR count). The van der Waals surface area contributed by atoms with E-state index in [2.05, 4.69) is 27.8 Å². The van der Waals surface area contributed by atoms with Crippen LogP contribution in [0.3, 0.4) is 0 Å². The fraction of sp³-hybridized carbons (Fsp3) is 0.242. The zero-order chi connectivity index (χ0) is 28.6. The predicted octanol–water partition coefficient (Wildman–Crippen LogP) is 4.64. The van der Waals surface area contributed by atoms with Crippen molar-refractivity contribution in [2.75, 3.05) is 11.4 Å². The van der Waals surface area contributed by atoms with Crippen LogP contribution >= 0.6 is 15.9 Å². The van der Waals surface area contributed by atoms with E-state index in [9.17, 15) is 14.4 Å². The maximum absolute atomic E-state index is 14.3. The SMILES string of the molecule is C=CCN(C(=O)[C@@H]1[C@@H]2C=C[C@]3(O2)[C@H](C(=O)NCc2ccccc2)N(Cc2ccccc2)C(=O)[C@@H]13)c1ccc(Br)cc1. The minimum Gasteiger partial charge on any atom is -0.359 e. The third-order valence-corrected chi connectivity index (χ3v) is 8.66. The zero-order valence-corrected chi connectivity index (χ0v) is 23.9. The third kappa shape index (κ3) is 4.81. The average Bonchev–Trinajstić information content (AvgIpc) is 3.63. The van der Waals surface area contributed by atoms with Gasteiger partial charge in [0.25, 0.3) is 0 Å². The standard InChI is InChI=1S/C33H30BrN3O4/c1-2-19-36(25-15-13-24(34)14-16-25)31(39)27-26-17-18-33(41-26)28(27)32(40)37(21-23-11-7-4-8-12-23)29(33)30(38)35-20-22-9-5-3-6-10-22/h2-18,26-29H,1,19-21H2,(H,35,38)/t26-,27+,28+,29-,33+/m0/s1. The Labute approximate surface area is 247 Å². The molecule has 2 bridgehead atoms. The van der Waals surface area contributed by atoms with Crippen LogP contribution in [0.2, 0.25) is 0 Å². The molecular formula is C33H30BrN3O4. The van der Waals surface area contributed by atoms with E-state index in [1.165, 1.54) is 0 Å². The van der Waals surface area contributed by atoms with Gasteiger partial charge in [-0.2, -0.15) is 0 Å². The molecule has 0 aromatic heterocycles. The highest BCUT2D eigenvalue weighted by atomic mass is 79.9. The van der Waals surface area contributed by atoms with Gasteiger partial charge in [-0.05, 0) is 35.4 Å². The van der Waals surface area contributed by atoms with Crippen LogP contribution in [0.1, 0.15) is 11.1 Å². The van der Waals surface area contributed by atoms with Crippen molar-refractivity contribution in [2.24, 2.45) is 11.8 Å². The second-order valence-electron chi connectivity index (χ2n) is 10.6. The fourth-order valence-corrected chi connectivity index (χ4v) is 6.60. The number of nitrogens with one attached hydrogen (secondary N) is 1. The summed E-state index contributed by atoms with van der Waals surface area (Å²) in [5.41, 5.74) is 1.30. The molecule has 0 radical (unpaired) electrons. The smallest absolute Gasteiger partial charge is 0.246 e. The topological polar surface area (TPSA) is 79.0 Å². The highest BCUT2D eigenvalue weighted by molar-refractivity contribution is 9.10. The minimum absolute atomic E-state index is 0.229. The second-order valence-corrected chi connectivity index (χ2v) is 11.5. The molecule has 3 aliphatic rings. The Balaban J connectivity index is 1.35. The van der Waals surface area contributed by atoms with Gasteiger partial charge in [-0.3, -0.25) is 14.4 Å². The van der Waals surface area contributed by atoms with Crippen molar-refractivity contribution in [2.45, 2.75) is 30.8 Å². The van der Waals surface area contributed by atoms with Crippen molar-refractivity contribution in [3.8, 4) is 0 Å². The number of amides is 3. The van der Waals surface area contributed by atoms with E-state index >= 15 is 0 Å². The first kappa shape index (κ1) is 27.2. The predicted molar refractivity (Wildman–Crippen MR) is 159 cm³/mol. The molecule has 3 aromatic carbocycles. The molecule has 3 aliphatic heterocycles. The van der Waals surface area contributed by atoms with E-state index in [1.54, 1.807) is 15.9 Å². The first-order valence-corrected chi connectivity index (χ1v) is 14.4. The van der Waals surface area contributed by atoms with Gasteiger partial charge in [0.1, 0.15) is 11.6 Å². The summed E-state index contributed by atoms with van der Waals surface area (Å²) in [6.07, 6.45) is 4.72. The molecule has 5 atom stereocenters. The van der Waals surface area contributed by atoms with Crippen LogP contribution in [0.25, 0.3) is 0 Å². The Morgan fingerprint density at radius 3 is 2.32 bits per heavy atom. The molecule has 1 spiro atoms. The molecule has 0 unspecified atom stereocenters. The Hall–Kier alpha value is -4.01. The Morgan fingerprint density at radius 2 is 1.66 bits per heavy atom. The monoisotopic (exact) mass is 611 g/mol.